The van der Waals surface area contributed by atoms with Crippen LogP contribution in [-0.2, 0) is 4.74 Å². The van der Waals surface area contributed by atoms with Gasteiger partial charge in [0.25, 0.3) is 0 Å². The van der Waals surface area contributed by atoms with E-state index in [2.05, 4.69) is 0 Å². The summed E-state index contributed by atoms with van der Waals surface area (Å²) >= 11 is 0. The van der Waals surface area contributed by atoms with Gasteiger partial charge in [0, 0.05) is 5.56 Å². The van der Waals surface area contributed by atoms with Gasteiger partial charge in [0.1, 0.15) is 11.4 Å². The van der Waals surface area contributed by atoms with Crippen molar-refractivity contribution in [3.05, 3.63) is 53.3 Å². The molecule has 0 heterocycles. The standard InChI is InChI=1S/C18H17FO6/c1-22-15-9-8-13(16(23-2)17(15)24-3)18(21)25-10-14(20)11-4-6-12(19)7-5-11/h4-9H,10H2,1-3H3. The number of rotatable bonds is 7. The lowest BCUT2D eigenvalue weighted by atomic mass is 10.1. The van der Waals surface area contributed by atoms with E-state index in [1.807, 2.05) is 0 Å². The number of carbonyl (C=O) groups is 2. The van der Waals surface area contributed by atoms with E-state index in [1.54, 1.807) is 0 Å². The monoisotopic (exact) mass is 348 g/mol. The zero-order valence-corrected chi connectivity index (χ0v) is 14.0. The van der Waals surface area contributed by atoms with Crippen molar-refractivity contribution < 1.29 is 32.9 Å². The van der Waals surface area contributed by atoms with E-state index in [0.29, 0.717) is 5.75 Å². The molecular weight excluding hydrogens is 331 g/mol. The molecule has 0 aromatic heterocycles. The van der Waals surface area contributed by atoms with E-state index in [9.17, 15) is 14.0 Å². The van der Waals surface area contributed by atoms with Gasteiger partial charge < -0.3 is 18.9 Å². The summed E-state index contributed by atoms with van der Waals surface area (Å²) in [4.78, 5) is 24.3. The number of Topliss-reactive ketones (excluding diaryl/α,β-unsaturated/α-hetero) is 1. The van der Waals surface area contributed by atoms with Crippen LogP contribution < -0.4 is 14.2 Å². The van der Waals surface area contributed by atoms with Crippen LogP contribution in [0.5, 0.6) is 17.2 Å². The topological polar surface area (TPSA) is 71.1 Å². The van der Waals surface area contributed by atoms with E-state index in [0.717, 1.165) is 12.1 Å². The van der Waals surface area contributed by atoms with Gasteiger partial charge in [-0.1, -0.05) is 0 Å². The predicted octanol–water partition coefficient (Wildman–Crippen LogP) is 2.89. The summed E-state index contributed by atoms with van der Waals surface area (Å²) < 4.78 is 33.4. The van der Waals surface area contributed by atoms with Gasteiger partial charge in [0.05, 0.1) is 21.3 Å². The number of esters is 1. The van der Waals surface area contributed by atoms with Crippen molar-refractivity contribution in [2.45, 2.75) is 0 Å². The first kappa shape index (κ1) is 18.3. The highest BCUT2D eigenvalue weighted by atomic mass is 19.1. The Morgan fingerprint density at radius 2 is 1.52 bits per heavy atom. The normalized spacial score (nSPS) is 10.1. The number of hydrogen-bond donors (Lipinski definition) is 0. The molecule has 2 aromatic rings. The Balaban J connectivity index is 2.15. The molecule has 0 saturated carbocycles. The Kier molecular flexibility index (Phi) is 5.94. The fraction of sp³-hybridized carbons (Fsp3) is 0.222. The molecule has 0 bridgehead atoms. The Bertz CT molecular complexity index is 770. The molecular formula is C18H17FO6. The Labute approximate surface area is 144 Å². The average molecular weight is 348 g/mol. The fourth-order valence-electron chi connectivity index (χ4n) is 2.19. The molecule has 0 amide bonds. The highest BCUT2D eigenvalue weighted by Crippen LogP contribution is 2.39. The summed E-state index contributed by atoms with van der Waals surface area (Å²) in [6, 6.07) is 7.94. The smallest absolute Gasteiger partial charge is 0.342 e. The van der Waals surface area contributed by atoms with Gasteiger partial charge in [-0.05, 0) is 36.4 Å². The first-order valence-electron chi connectivity index (χ1n) is 7.26. The van der Waals surface area contributed by atoms with Crippen LogP contribution in [0.1, 0.15) is 20.7 Å². The Morgan fingerprint density at radius 3 is 2.08 bits per heavy atom. The third-order valence-corrected chi connectivity index (χ3v) is 3.42. The van der Waals surface area contributed by atoms with E-state index in [-0.39, 0.29) is 22.6 Å². The van der Waals surface area contributed by atoms with Crippen molar-refractivity contribution >= 4 is 11.8 Å². The van der Waals surface area contributed by atoms with Crippen molar-refractivity contribution in [1.82, 2.24) is 0 Å². The van der Waals surface area contributed by atoms with Crippen LogP contribution in [0.25, 0.3) is 0 Å². The molecule has 132 valence electrons. The molecule has 0 saturated heterocycles. The highest BCUT2D eigenvalue weighted by Gasteiger charge is 2.22. The molecule has 6 nitrogen and oxygen atoms in total. The van der Waals surface area contributed by atoms with Crippen molar-refractivity contribution in [2.75, 3.05) is 27.9 Å². The third kappa shape index (κ3) is 4.06. The van der Waals surface area contributed by atoms with Crippen molar-refractivity contribution in [3.8, 4) is 17.2 Å². The molecule has 2 rings (SSSR count). The summed E-state index contributed by atoms with van der Waals surface area (Å²) in [6.45, 7) is -0.484. The molecule has 7 heteroatoms. The molecule has 0 aliphatic carbocycles. The van der Waals surface area contributed by atoms with Crippen LogP contribution in [0.3, 0.4) is 0 Å². The van der Waals surface area contributed by atoms with Crippen molar-refractivity contribution in [3.63, 3.8) is 0 Å². The van der Waals surface area contributed by atoms with Crippen molar-refractivity contribution in [1.29, 1.82) is 0 Å². The second-order valence-corrected chi connectivity index (χ2v) is 4.89. The summed E-state index contributed by atoms with van der Waals surface area (Å²) in [7, 11) is 4.24. The largest absolute Gasteiger partial charge is 0.493 e. The van der Waals surface area contributed by atoms with Gasteiger partial charge in [-0.2, -0.15) is 0 Å². The van der Waals surface area contributed by atoms with E-state index in [1.165, 1.54) is 45.6 Å². The van der Waals surface area contributed by atoms with E-state index < -0.39 is 24.2 Å². The summed E-state index contributed by atoms with van der Waals surface area (Å²) in [5.74, 6) is -0.895. The third-order valence-electron chi connectivity index (χ3n) is 3.42. The van der Waals surface area contributed by atoms with Gasteiger partial charge in [0.15, 0.2) is 23.9 Å². The summed E-state index contributed by atoms with van der Waals surface area (Å²) in [5, 5.41) is 0. The zero-order chi connectivity index (χ0) is 18.4. The van der Waals surface area contributed by atoms with Gasteiger partial charge in [0.2, 0.25) is 5.75 Å². The molecule has 0 N–H and O–H groups in total. The maximum atomic E-state index is 12.9. The van der Waals surface area contributed by atoms with Crippen molar-refractivity contribution in [2.24, 2.45) is 0 Å². The lowest BCUT2D eigenvalue weighted by Crippen LogP contribution is -2.15. The summed E-state index contributed by atoms with van der Waals surface area (Å²) in [5.41, 5.74) is 0.334. The van der Waals surface area contributed by atoms with Crippen LogP contribution in [0.15, 0.2) is 36.4 Å². The number of benzene rings is 2. The first-order chi connectivity index (χ1) is 12.0. The second-order valence-electron chi connectivity index (χ2n) is 4.89. The number of ether oxygens (including phenoxy) is 4. The number of halogens is 1. The minimum atomic E-state index is -0.756. The zero-order valence-electron chi connectivity index (χ0n) is 14.0. The maximum Gasteiger partial charge on any atom is 0.342 e. The average Bonchev–Trinajstić information content (AvgIpc) is 2.64. The minimum absolute atomic E-state index is 0.0899. The maximum absolute atomic E-state index is 12.9. The summed E-state index contributed by atoms with van der Waals surface area (Å²) in [6.07, 6.45) is 0. The second kappa shape index (κ2) is 8.14. The lowest BCUT2D eigenvalue weighted by Gasteiger charge is -2.15. The Morgan fingerprint density at radius 1 is 0.880 bits per heavy atom. The molecule has 25 heavy (non-hydrogen) atoms. The van der Waals surface area contributed by atoms with E-state index in [4.69, 9.17) is 18.9 Å². The number of methoxy groups -OCH3 is 3. The van der Waals surface area contributed by atoms with Gasteiger partial charge >= 0.3 is 5.97 Å². The van der Waals surface area contributed by atoms with Gasteiger partial charge in [-0.3, -0.25) is 4.79 Å². The minimum Gasteiger partial charge on any atom is -0.493 e. The number of ketones is 1. The molecule has 0 atom stereocenters. The van der Waals surface area contributed by atoms with Gasteiger partial charge in [-0.25, -0.2) is 9.18 Å². The van der Waals surface area contributed by atoms with Crippen LogP contribution >= 0.6 is 0 Å². The molecule has 0 unspecified atom stereocenters. The van der Waals surface area contributed by atoms with E-state index >= 15 is 0 Å². The predicted molar refractivity (Wildman–Crippen MR) is 87.1 cm³/mol. The van der Waals surface area contributed by atoms with Crippen LogP contribution in [0, 0.1) is 5.82 Å². The van der Waals surface area contributed by atoms with Gasteiger partial charge in [-0.15, -0.1) is 0 Å². The first-order valence-corrected chi connectivity index (χ1v) is 7.26. The molecule has 0 aliphatic rings. The number of carbonyl (C=O) groups excluding carboxylic acids is 2. The molecule has 2 aromatic carbocycles. The lowest BCUT2D eigenvalue weighted by molar-refractivity contribution is 0.0471. The molecule has 0 spiro atoms. The van der Waals surface area contributed by atoms with Crippen LogP contribution in [0.4, 0.5) is 4.39 Å². The molecule has 0 radical (unpaired) electrons. The van der Waals surface area contributed by atoms with Crippen LogP contribution in [-0.4, -0.2) is 39.7 Å². The fourth-order valence-corrected chi connectivity index (χ4v) is 2.19. The van der Waals surface area contributed by atoms with Crippen LogP contribution in [0.2, 0.25) is 0 Å². The Hall–Kier alpha value is -3.09. The highest BCUT2D eigenvalue weighted by molar-refractivity contribution is 6.00. The SMILES string of the molecule is COc1ccc(C(=O)OCC(=O)c2ccc(F)cc2)c(OC)c1OC. The quantitative estimate of drug-likeness (QED) is 0.566. The molecule has 0 fully saturated rings. The number of hydrogen-bond acceptors (Lipinski definition) is 6. The molecule has 0 aliphatic heterocycles.